The third-order valence-electron chi connectivity index (χ3n) is 2.65. The van der Waals surface area contributed by atoms with Crippen LogP contribution in [0.2, 0.25) is 0 Å². The van der Waals surface area contributed by atoms with Gasteiger partial charge in [0.15, 0.2) is 0 Å². The van der Waals surface area contributed by atoms with Gasteiger partial charge < -0.3 is 9.84 Å². The summed E-state index contributed by atoms with van der Waals surface area (Å²) < 4.78 is 55.6. The third-order valence-corrected chi connectivity index (χ3v) is 2.65. The van der Waals surface area contributed by atoms with Gasteiger partial charge in [-0.2, -0.15) is 13.2 Å². The molecular formula is C13H16F4O2. The average Bonchev–Trinajstić information content (AvgIpc) is 2.33. The summed E-state index contributed by atoms with van der Waals surface area (Å²) in [5.41, 5.74) is -1.29. The maximum absolute atomic E-state index is 13.1. The van der Waals surface area contributed by atoms with Gasteiger partial charge in [0.1, 0.15) is 5.82 Å². The molecule has 0 bridgehead atoms. The molecule has 1 aromatic carbocycles. The number of hydrogen-bond acceptors (Lipinski definition) is 2. The quantitative estimate of drug-likeness (QED) is 0.636. The fraction of sp³-hybridized carbons (Fsp3) is 0.538. The van der Waals surface area contributed by atoms with Crippen LogP contribution in [0.15, 0.2) is 18.2 Å². The minimum atomic E-state index is -4.76. The highest BCUT2D eigenvalue weighted by Gasteiger charge is 2.34. The Morgan fingerprint density at radius 3 is 2.58 bits per heavy atom. The molecule has 2 nitrogen and oxygen atoms in total. The van der Waals surface area contributed by atoms with Crippen molar-refractivity contribution in [3.8, 4) is 0 Å². The van der Waals surface area contributed by atoms with E-state index >= 15 is 0 Å². The second-order valence-electron chi connectivity index (χ2n) is 4.09. The summed E-state index contributed by atoms with van der Waals surface area (Å²) in [5.74, 6) is -1.34. The first-order chi connectivity index (χ1) is 8.86. The number of halogens is 4. The highest BCUT2D eigenvalue weighted by Crippen LogP contribution is 2.33. The first-order valence-electron chi connectivity index (χ1n) is 5.98. The maximum atomic E-state index is 13.1. The van der Waals surface area contributed by atoms with Gasteiger partial charge in [0.05, 0.1) is 11.7 Å². The fourth-order valence-electron chi connectivity index (χ4n) is 1.66. The van der Waals surface area contributed by atoms with Crippen molar-refractivity contribution in [2.45, 2.75) is 32.0 Å². The van der Waals surface area contributed by atoms with Crippen LogP contribution in [0.4, 0.5) is 17.6 Å². The van der Waals surface area contributed by atoms with Gasteiger partial charge in [0.2, 0.25) is 0 Å². The second-order valence-corrected chi connectivity index (χ2v) is 4.09. The zero-order chi connectivity index (χ0) is 14.5. The number of benzene rings is 1. The Kier molecular flexibility index (Phi) is 5.75. The molecule has 1 N–H and O–H groups in total. The molecule has 0 amide bonds. The predicted molar refractivity (Wildman–Crippen MR) is 62.1 cm³/mol. The molecule has 108 valence electrons. The van der Waals surface area contributed by atoms with Crippen molar-refractivity contribution >= 4 is 0 Å². The summed E-state index contributed by atoms with van der Waals surface area (Å²) in [6.45, 7) is 2.80. The smallest absolute Gasteiger partial charge is 0.388 e. The van der Waals surface area contributed by atoms with Gasteiger partial charge in [-0.3, -0.25) is 0 Å². The summed E-state index contributed by atoms with van der Waals surface area (Å²) in [4.78, 5) is 0. The van der Waals surface area contributed by atoms with E-state index in [4.69, 9.17) is 4.74 Å². The zero-order valence-corrected chi connectivity index (χ0v) is 10.5. The van der Waals surface area contributed by atoms with Crippen LogP contribution in [0.5, 0.6) is 0 Å². The maximum Gasteiger partial charge on any atom is 0.419 e. The van der Waals surface area contributed by atoms with Crippen LogP contribution in [-0.2, 0) is 10.9 Å². The van der Waals surface area contributed by atoms with Crippen molar-refractivity contribution in [2.24, 2.45) is 0 Å². The van der Waals surface area contributed by atoms with E-state index in [0.717, 1.165) is 12.1 Å². The standard InChI is InChI=1S/C13H16F4O2/c1-2-19-7-3-4-12(18)9-5-6-11(14)10(8-9)13(15,16)17/h5-6,8,12,18H,2-4,7H2,1H3. The predicted octanol–water partition coefficient (Wildman–Crippen LogP) is 3.69. The van der Waals surface area contributed by atoms with Crippen LogP contribution in [0.3, 0.4) is 0 Å². The minimum absolute atomic E-state index is 0.0604. The van der Waals surface area contributed by atoms with Crippen LogP contribution in [0.25, 0.3) is 0 Å². The molecule has 0 spiro atoms. The van der Waals surface area contributed by atoms with Crippen LogP contribution in [0.1, 0.15) is 37.0 Å². The number of aliphatic hydroxyl groups excluding tert-OH is 1. The Balaban J connectivity index is 2.73. The van der Waals surface area contributed by atoms with Gasteiger partial charge in [-0.1, -0.05) is 6.07 Å². The number of hydrogen-bond donors (Lipinski definition) is 1. The molecule has 1 atom stereocenters. The summed E-state index contributed by atoms with van der Waals surface area (Å²) >= 11 is 0. The van der Waals surface area contributed by atoms with Crippen molar-refractivity contribution in [3.63, 3.8) is 0 Å². The minimum Gasteiger partial charge on any atom is -0.388 e. The van der Waals surface area contributed by atoms with E-state index in [1.165, 1.54) is 0 Å². The Morgan fingerprint density at radius 1 is 1.32 bits per heavy atom. The normalized spacial score (nSPS) is 13.6. The average molecular weight is 280 g/mol. The molecule has 19 heavy (non-hydrogen) atoms. The van der Waals surface area contributed by atoms with Crippen LogP contribution >= 0.6 is 0 Å². The van der Waals surface area contributed by atoms with Crippen molar-refractivity contribution in [1.82, 2.24) is 0 Å². The fourth-order valence-corrected chi connectivity index (χ4v) is 1.66. The molecule has 0 saturated carbocycles. The van der Waals surface area contributed by atoms with E-state index in [-0.39, 0.29) is 12.0 Å². The second kappa shape index (κ2) is 6.86. The lowest BCUT2D eigenvalue weighted by molar-refractivity contribution is -0.140. The zero-order valence-electron chi connectivity index (χ0n) is 10.5. The van der Waals surface area contributed by atoms with Crippen molar-refractivity contribution in [1.29, 1.82) is 0 Å². The Bertz CT molecular complexity index is 404. The Hall–Kier alpha value is -1.14. The SMILES string of the molecule is CCOCCCC(O)c1ccc(F)c(C(F)(F)F)c1. The summed E-state index contributed by atoms with van der Waals surface area (Å²) in [7, 11) is 0. The van der Waals surface area contributed by atoms with Gasteiger partial charge in [-0.25, -0.2) is 4.39 Å². The van der Waals surface area contributed by atoms with E-state index in [1.807, 2.05) is 6.92 Å². The lowest BCUT2D eigenvalue weighted by atomic mass is 10.0. The first-order valence-corrected chi connectivity index (χ1v) is 5.98. The lowest BCUT2D eigenvalue weighted by Crippen LogP contribution is -2.10. The topological polar surface area (TPSA) is 29.5 Å². The number of rotatable bonds is 6. The molecule has 0 aliphatic rings. The summed E-state index contributed by atoms with van der Waals surface area (Å²) in [5, 5.41) is 9.76. The first kappa shape index (κ1) is 15.9. The van der Waals surface area contributed by atoms with E-state index < -0.39 is 23.7 Å². The van der Waals surface area contributed by atoms with Gasteiger partial charge in [0.25, 0.3) is 0 Å². The van der Waals surface area contributed by atoms with E-state index in [2.05, 4.69) is 0 Å². The van der Waals surface area contributed by atoms with Gasteiger partial charge in [-0.05, 0) is 37.5 Å². The molecule has 0 fully saturated rings. The molecular weight excluding hydrogens is 264 g/mol. The number of aliphatic hydroxyl groups is 1. The van der Waals surface area contributed by atoms with Crippen LogP contribution in [0, 0.1) is 5.82 Å². The Labute approximate surface area is 109 Å². The number of ether oxygens (including phenoxy) is 1. The van der Waals surface area contributed by atoms with E-state index in [0.29, 0.717) is 25.7 Å². The van der Waals surface area contributed by atoms with E-state index in [1.54, 1.807) is 0 Å². The van der Waals surface area contributed by atoms with E-state index in [9.17, 15) is 22.7 Å². The molecule has 1 aromatic rings. The lowest BCUT2D eigenvalue weighted by Gasteiger charge is -2.14. The molecule has 1 unspecified atom stereocenters. The third kappa shape index (κ3) is 4.80. The molecule has 0 radical (unpaired) electrons. The van der Waals surface area contributed by atoms with Gasteiger partial charge in [0, 0.05) is 13.2 Å². The summed E-state index contributed by atoms with van der Waals surface area (Å²) in [6, 6.07) is 2.54. The highest BCUT2D eigenvalue weighted by molar-refractivity contribution is 5.28. The molecule has 0 aromatic heterocycles. The van der Waals surface area contributed by atoms with Crippen LogP contribution < -0.4 is 0 Å². The molecule has 0 heterocycles. The highest BCUT2D eigenvalue weighted by atomic mass is 19.4. The molecule has 0 aliphatic carbocycles. The monoisotopic (exact) mass is 280 g/mol. The van der Waals surface area contributed by atoms with Crippen LogP contribution in [-0.4, -0.2) is 18.3 Å². The van der Waals surface area contributed by atoms with Crippen molar-refractivity contribution < 1.29 is 27.4 Å². The number of alkyl halides is 3. The molecule has 1 rings (SSSR count). The van der Waals surface area contributed by atoms with Gasteiger partial charge in [-0.15, -0.1) is 0 Å². The summed E-state index contributed by atoms with van der Waals surface area (Å²) in [6.07, 6.45) is -5.02. The van der Waals surface area contributed by atoms with Crippen molar-refractivity contribution in [2.75, 3.05) is 13.2 Å². The van der Waals surface area contributed by atoms with Crippen molar-refractivity contribution in [3.05, 3.63) is 35.1 Å². The molecule has 0 saturated heterocycles. The van der Waals surface area contributed by atoms with Gasteiger partial charge >= 0.3 is 6.18 Å². The molecule has 0 aliphatic heterocycles. The Morgan fingerprint density at radius 2 is 2.00 bits per heavy atom. The molecule has 6 heteroatoms. The largest absolute Gasteiger partial charge is 0.419 e.